The number of nitrogens with two attached hydrogens (primary N) is 1. The van der Waals surface area contributed by atoms with Crippen LogP contribution in [0.25, 0.3) is 6.08 Å². The summed E-state index contributed by atoms with van der Waals surface area (Å²) in [6.45, 7) is 4.32. The second-order valence-corrected chi connectivity index (χ2v) is 5.02. The van der Waals surface area contributed by atoms with Crippen molar-refractivity contribution in [1.29, 1.82) is 0 Å². The third-order valence-corrected chi connectivity index (χ3v) is 3.39. The molecule has 0 aliphatic heterocycles. The molecule has 2 rings (SSSR count). The van der Waals surface area contributed by atoms with Crippen LogP contribution in [0.5, 0.6) is 0 Å². The summed E-state index contributed by atoms with van der Waals surface area (Å²) in [6.07, 6.45) is 7.08. The Morgan fingerprint density at radius 3 is 2.88 bits per heavy atom. The standard InChI is InChI=1S/C15H21N/c1-11-6-7-12(2)14(8-11)9-13-4-3-5-15(16)10-13/h6-9,15H,3-5,10,16H2,1-2H3. The van der Waals surface area contributed by atoms with Gasteiger partial charge < -0.3 is 5.73 Å². The van der Waals surface area contributed by atoms with Crippen LogP contribution in [0.15, 0.2) is 23.8 Å². The Balaban J connectivity index is 2.24. The van der Waals surface area contributed by atoms with Crippen molar-refractivity contribution in [2.24, 2.45) is 5.73 Å². The molecule has 1 nitrogen and oxygen atoms in total. The van der Waals surface area contributed by atoms with E-state index in [0.29, 0.717) is 6.04 Å². The molecule has 0 radical (unpaired) electrons. The lowest BCUT2D eigenvalue weighted by Gasteiger charge is -2.20. The van der Waals surface area contributed by atoms with E-state index in [-0.39, 0.29) is 0 Å². The molecule has 1 fully saturated rings. The summed E-state index contributed by atoms with van der Waals surface area (Å²) in [5.41, 5.74) is 11.6. The number of benzene rings is 1. The van der Waals surface area contributed by atoms with E-state index in [2.05, 4.69) is 38.1 Å². The first-order valence-electron chi connectivity index (χ1n) is 6.17. The highest BCUT2D eigenvalue weighted by molar-refractivity contribution is 5.57. The summed E-state index contributed by atoms with van der Waals surface area (Å²) in [5.74, 6) is 0. The summed E-state index contributed by atoms with van der Waals surface area (Å²) in [7, 11) is 0. The van der Waals surface area contributed by atoms with E-state index in [1.54, 1.807) is 0 Å². The molecule has 1 aliphatic carbocycles. The molecule has 1 atom stereocenters. The van der Waals surface area contributed by atoms with Gasteiger partial charge >= 0.3 is 0 Å². The summed E-state index contributed by atoms with van der Waals surface area (Å²) < 4.78 is 0. The molecule has 1 heteroatoms. The lowest BCUT2D eigenvalue weighted by molar-refractivity contribution is 0.520. The first kappa shape index (κ1) is 11.4. The van der Waals surface area contributed by atoms with E-state index in [1.165, 1.54) is 41.5 Å². The molecule has 16 heavy (non-hydrogen) atoms. The van der Waals surface area contributed by atoms with Crippen molar-refractivity contribution in [1.82, 2.24) is 0 Å². The van der Waals surface area contributed by atoms with Crippen LogP contribution in [0.3, 0.4) is 0 Å². The lowest BCUT2D eigenvalue weighted by Crippen LogP contribution is -2.23. The van der Waals surface area contributed by atoms with Crippen LogP contribution in [0, 0.1) is 13.8 Å². The molecule has 1 unspecified atom stereocenters. The van der Waals surface area contributed by atoms with Gasteiger partial charge in [0.15, 0.2) is 0 Å². The quantitative estimate of drug-likeness (QED) is 0.761. The van der Waals surface area contributed by atoms with Crippen LogP contribution in [0.1, 0.15) is 42.4 Å². The van der Waals surface area contributed by atoms with Gasteiger partial charge in [0.05, 0.1) is 0 Å². The Bertz CT molecular complexity index is 404. The highest BCUT2D eigenvalue weighted by Crippen LogP contribution is 2.25. The van der Waals surface area contributed by atoms with Gasteiger partial charge in [-0.15, -0.1) is 0 Å². The van der Waals surface area contributed by atoms with Gasteiger partial charge in [0, 0.05) is 6.04 Å². The van der Waals surface area contributed by atoms with Crippen LogP contribution >= 0.6 is 0 Å². The van der Waals surface area contributed by atoms with Crippen molar-refractivity contribution in [3.05, 3.63) is 40.5 Å². The van der Waals surface area contributed by atoms with Crippen molar-refractivity contribution in [2.45, 2.75) is 45.6 Å². The normalized spacial score (nSPS) is 23.7. The van der Waals surface area contributed by atoms with Gasteiger partial charge in [0.25, 0.3) is 0 Å². The molecule has 0 aromatic heterocycles. The smallest absolute Gasteiger partial charge is 0.00763 e. The zero-order valence-electron chi connectivity index (χ0n) is 10.3. The van der Waals surface area contributed by atoms with Gasteiger partial charge in [-0.3, -0.25) is 0 Å². The van der Waals surface area contributed by atoms with Gasteiger partial charge in [-0.05, 0) is 50.7 Å². The van der Waals surface area contributed by atoms with Crippen molar-refractivity contribution < 1.29 is 0 Å². The number of aryl methyl sites for hydroxylation is 2. The van der Waals surface area contributed by atoms with Crippen LogP contribution in [-0.2, 0) is 0 Å². The van der Waals surface area contributed by atoms with Crippen molar-refractivity contribution in [3.8, 4) is 0 Å². The molecule has 0 amide bonds. The summed E-state index contributed by atoms with van der Waals surface area (Å²) in [5, 5.41) is 0. The third-order valence-electron chi connectivity index (χ3n) is 3.39. The fourth-order valence-corrected chi connectivity index (χ4v) is 2.40. The molecule has 0 heterocycles. The molecule has 1 saturated carbocycles. The van der Waals surface area contributed by atoms with E-state index in [0.717, 1.165) is 6.42 Å². The topological polar surface area (TPSA) is 26.0 Å². The van der Waals surface area contributed by atoms with Gasteiger partial charge in [0.1, 0.15) is 0 Å². The summed E-state index contributed by atoms with van der Waals surface area (Å²) in [6, 6.07) is 7.02. The predicted molar refractivity (Wildman–Crippen MR) is 70.3 cm³/mol. The number of rotatable bonds is 1. The Morgan fingerprint density at radius 2 is 2.12 bits per heavy atom. The monoisotopic (exact) mass is 215 g/mol. The van der Waals surface area contributed by atoms with E-state index in [1.807, 2.05) is 0 Å². The summed E-state index contributed by atoms with van der Waals surface area (Å²) in [4.78, 5) is 0. The fourth-order valence-electron chi connectivity index (χ4n) is 2.40. The maximum atomic E-state index is 6.01. The second kappa shape index (κ2) is 4.84. The minimum atomic E-state index is 0.380. The van der Waals surface area contributed by atoms with Gasteiger partial charge in [-0.2, -0.15) is 0 Å². The second-order valence-electron chi connectivity index (χ2n) is 5.02. The van der Waals surface area contributed by atoms with Crippen LogP contribution in [0.4, 0.5) is 0 Å². The van der Waals surface area contributed by atoms with Crippen molar-refractivity contribution in [3.63, 3.8) is 0 Å². The molecule has 1 aliphatic rings. The average Bonchev–Trinajstić information content (AvgIpc) is 2.24. The maximum absolute atomic E-state index is 6.01. The first-order chi connectivity index (χ1) is 7.65. The van der Waals surface area contributed by atoms with E-state index < -0.39 is 0 Å². The van der Waals surface area contributed by atoms with Crippen molar-refractivity contribution >= 4 is 6.08 Å². The molecule has 0 spiro atoms. The molecule has 2 N–H and O–H groups in total. The SMILES string of the molecule is Cc1ccc(C)c(C=C2CCCC(N)C2)c1. The first-order valence-corrected chi connectivity index (χ1v) is 6.17. The Morgan fingerprint density at radius 1 is 1.31 bits per heavy atom. The van der Waals surface area contributed by atoms with Gasteiger partial charge in [-0.25, -0.2) is 0 Å². The molecule has 0 saturated heterocycles. The zero-order valence-corrected chi connectivity index (χ0v) is 10.3. The molecule has 0 bridgehead atoms. The van der Waals surface area contributed by atoms with E-state index >= 15 is 0 Å². The molecule has 86 valence electrons. The maximum Gasteiger partial charge on any atom is 0.00763 e. The van der Waals surface area contributed by atoms with Gasteiger partial charge in [-0.1, -0.05) is 35.4 Å². The lowest BCUT2D eigenvalue weighted by atomic mass is 9.89. The Kier molecular flexibility index (Phi) is 3.45. The van der Waals surface area contributed by atoms with E-state index in [9.17, 15) is 0 Å². The highest BCUT2D eigenvalue weighted by Gasteiger charge is 2.12. The molecule has 1 aromatic rings. The van der Waals surface area contributed by atoms with Crippen LogP contribution < -0.4 is 5.73 Å². The highest BCUT2D eigenvalue weighted by atomic mass is 14.6. The molecule has 1 aromatic carbocycles. The largest absolute Gasteiger partial charge is 0.327 e. The third kappa shape index (κ3) is 2.73. The number of hydrogen-bond acceptors (Lipinski definition) is 1. The Hall–Kier alpha value is -1.08. The minimum absolute atomic E-state index is 0.380. The van der Waals surface area contributed by atoms with Crippen molar-refractivity contribution in [2.75, 3.05) is 0 Å². The Labute approximate surface area is 98.4 Å². The van der Waals surface area contributed by atoms with E-state index in [4.69, 9.17) is 5.73 Å². The fraction of sp³-hybridized carbons (Fsp3) is 0.467. The van der Waals surface area contributed by atoms with Crippen LogP contribution in [0.2, 0.25) is 0 Å². The predicted octanol–water partition coefficient (Wildman–Crippen LogP) is 3.59. The molecular formula is C15H21N. The summed E-state index contributed by atoms with van der Waals surface area (Å²) >= 11 is 0. The molecular weight excluding hydrogens is 194 g/mol. The average molecular weight is 215 g/mol. The zero-order chi connectivity index (χ0) is 11.5. The minimum Gasteiger partial charge on any atom is -0.327 e. The van der Waals surface area contributed by atoms with Crippen LogP contribution in [-0.4, -0.2) is 6.04 Å². The van der Waals surface area contributed by atoms with Gasteiger partial charge in [0.2, 0.25) is 0 Å². The number of hydrogen-bond donors (Lipinski definition) is 1.